The van der Waals surface area contributed by atoms with E-state index in [2.05, 4.69) is 32.5 Å². The number of aromatic nitrogens is 5. The van der Waals surface area contributed by atoms with Gasteiger partial charge in [-0.15, -0.1) is 0 Å². The standard InChI is InChI=1S/C24H22N6O2/c1-16-22-19(12-20(21-4-3-11-32-21)27-23(22)29(2)28-16)24(31)26-13-17-5-7-18(8-6-17)14-30-10-9-25-15-30/h3-12,15H,13-14H2,1-2H3,(H,26,31). The lowest BCUT2D eigenvalue weighted by Crippen LogP contribution is -2.23. The number of furan rings is 1. The molecule has 1 amide bonds. The van der Waals surface area contributed by atoms with Crippen LogP contribution < -0.4 is 5.32 Å². The highest BCUT2D eigenvalue weighted by Gasteiger charge is 2.20. The molecule has 0 saturated carbocycles. The SMILES string of the molecule is Cc1nn(C)c2nc(-c3ccco3)cc(C(=O)NCc3ccc(Cn4ccnc4)cc3)c12. The smallest absolute Gasteiger partial charge is 0.252 e. The Bertz CT molecular complexity index is 1370. The molecular formula is C24H22N6O2. The third-order valence-electron chi connectivity index (χ3n) is 5.39. The number of carbonyl (C=O) groups excluding carboxylic acids is 1. The molecule has 8 heteroatoms. The fraction of sp³-hybridized carbons (Fsp3) is 0.167. The third kappa shape index (κ3) is 3.78. The summed E-state index contributed by atoms with van der Waals surface area (Å²) < 4.78 is 9.20. The molecule has 0 fully saturated rings. The summed E-state index contributed by atoms with van der Waals surface area (Å²) in [4.78, 5) is 21.9. The summed E-state index contributed by atoms with van der Waals surface area (Å²) in [7, 11) is 1.82. The van der Waals surface area contributed by atoms with Crippen LogP contribution in [0.2, 0.25) is 0 Å². The number of nitrogens with one attached hydrogen (secondary N) is 1. The first-order valence-electron chi connectivity index (χ1n) is 10.3. The number of benzene rings is 1. The zero-order valence-corrected chi connectivity index (χ0v) is 17.8. The number of hydrogen-bond acceptors (Lipinski definition) is 5. The Labute approximate surface area is 184 Å². The van der Waals surface area contributed by atoms with E-state index in [-0.39, 0.29) is 5.91 Å². The van der Waals surface area contributed by atoms with Crippen molar-refractivity contribution in [2.75, 3.05) is 0 Å². The number of nitrogens with zero attached hydrogens (tertiary/aromatic N) is 5. The molecule has 0 aliphatic carbocycles. The van der Waals surface area contributed by atoms with Gasteiger partial charge in [0, 0.05) is 32.5 Å². The van der Waals surface area contributed by atoms with Crippen molar-refractivity contribution < 1.29 is 9.21 Å². The van der Waals surface area contributed by atoms with E-state index < -0.39 is 0 Å². The molecule has 0 spiro atoms. The summed E-state index contributed by atoms with van der Waals surface area (Å²) in [6.45, 7) is 3.06. The molecule has 8 nitrogen and oxygen atoms in total. The lowest BCUT2D eigenvalue weighted by atomic mass is 10.1. The molecule has 0 aliphatic heterocycles. The van der Waals surface area contributed by atoms with E-state index in [1.54, 1.807) is 35.6 Å². The Kier molecular flexibility index (Phi) is 5.03. The number of fused-ring (bicyclic) bond motifs is 1. The predicted molar refractivity (Wildman–Crippen MR) is 120 cm³/mol. The van der Waals surface area contributed by atoms with Crippen molar-refractivity contribution in [3.63, 3.8) is 0 Å². The normalized spacial score (nSPS) is 11.2. The maximum atomic E-state index is 13.2. The number of hydrogen-bond donors (Lipinski definition) is 1. The summed E-state index contributed by atoms with van der Waals surface area (Å²) >= 11 is 0. The van der Waals surface area contributed by atoms with Crippen molar-refractivity contribution in [2.45, 2.75) is 20.0 Å². The second-order valence-corrected chi connectivity index (χ2v) is 7.67. The first-order valence-corrected chi connectivity index (χ1v) is 10.3. The highest BCUT2D eigenvalue weighted by Crippen LogP contribution is 2.27. The number of amides is 1. The van der Waals surface area contributed by atoms with Gasteiger partial charge in [-0.1, -0.05) is 24.3 Å². The van der Waals surface area contributed by atoms with Crippen LogP contribution in [0.4, 0.5) is 0 Å². The minimum absolute atomic E-state index is 0.177. The Hall–Kier alpha value is -4.20. The molecule has 5 aromatic rings. The largest absolute Gasteiger partial charge is 0.463 e. The van der Waals surface area contributed by atoms with Crippen molar-refractivity contribution >= 4 is 16.9 Å². The van der Waals surface area contributed by atoms with Crippen molar-refractivity contribution in [1.82, 2.24) is 29.6 Å². The summed E-state index contributed by atoms with van der Waals surface area (Å²) in [5.41, 5.74) is 4.72. The van der Waals surface area contributed by atoms with Gasteiger partial charge in [-0.2, -0.15) is 5.10 Å². The number of rotatable bonds is 6. The van der Waals surface area contributed by atoms with E-state index in [0.29, 0.717) is 29.2 Å². The molecule has 32 heavy (non-hydrogen) atoms. The molecule has 0 saturated heterocycles. The van der Waals surface area contributed by atoms with Gasteiger partial charge in [0.2, 0.25) is 0 Å². The van der Waals surface area contributed by atoms with Crippen LogP contribution in [0.1, 0.15) is 27.2 Å². The molecule has 160 valence electrons. The highest BCUT2D eigenvalue weighted by molar-refractivity contribution is 6.07. The van der Waals surface area contributed by atoms with Crippen LogP contribution in [0.25, 0.3) is 22.5 Å². The molecule has 0 bridgehead atoms. The minimum Gasteiger partial charge on any atom is -0.463 e. The zero-order valence-electron chi connectivity index (χ0n) is 17.8. The van der Waals surface area contributed by atoms with Crippen molar-refractivity contribution in [3.05, 3.63) is 89.8 Å². The zero-order chi connectivity index (χ0) is 22.1. The van der Waals surface area contributed by atoms with Crippen LogP contribution in [-0.2, 0) is 20.1 Å². The number of imidazole rings is 1. The van der Waals surface area contributed by atoms with Gasteiger partial charge < -0.3 is 14.3 Å². The fourth-order valence-electron chi connectivity index (χ4n) is 3.81. The fourth-order valence-corrected chi connectivity index (χ4v) is 3.81. The average molecular weight is 426 g/mol. The van der Waals surface area contributed by atoms with Gasteiger partial charge in [-0.05, 0) is 36.2 Å². The van der Waals surface area contributed by atoms with Gasteiger partial charge in [0.25, 0.3) is 5.91 Å². The lowest BCUT2D eigenvalue weighted by molar-refractivity contribution is 0.0952. The molecular weight excluding hydrogens is 404 g/mol. The van der Waals surface area contributed by atoms with Crippen LogP contribution in [0.3, 0.4) is 0 Å². The van der Waals surface area contributed by atoms with E-state index in [9.17, 15) is 4.79 Å². The minimum atomic E-state index is -0.177. The third-order valence-corrected chi connectivity index (χ3v) is 5.39. The summed E-state index contributed by atoms with van der Waals surface area (Å²) in [5, 5.41) is 8.23. The molecule has 0 radical (unpaired) electrons. The van der Waals surface area contributed by atoms with Gasteiger partial charge in [0.1, 0.15) is 5.69 Å². The van der Waals surface area contributed by atoms with E-state index in [0.717, 1.165) is 23.2 Å². The van der Waals surface area contributed by atoms with Crippen LogP contribution >= 0.6 is 0 Å². The van der Waals surface area contributed by atoms with E-state index in [1.165, 1.54) is 5.56 Å². The van der Waals surface area contributed by atoms with Crippen LogP contribution in [0, 0.1) is 6.92 Å². The summed E-state index contributed by atoms with van der Waals surface area (Å²) in [6, 6.07) is 13.6. The monoisotopic (exact) mass is 426 g/mol. The maximum Gasteiger partial charge on any atom is 0.252 e. The Balaban J connectivity index is 1.37. The van der Waals surface area contributed by atoms with Crippen molar-refractivity contribution in [1.29, 1.82) is 0 Å². The number of aryl methyl sites for hydroxylation is 2. The number of carbonyl (C=O) groups is 1. The van der Waals surface area contributed by atoms with E-state index in [1.807, 2.05) is 42.9 Å². The van der Waals surface area contributed by atoms with Crippen LogP contribution in [0.15, 0.2) is 71.9 Å². The average Bonchev–Trinajstić information content (AvgIpc) is 3.56. The molecule has 0 atom stereocenters. The van der Waals surface area contributed by atoms with Gasteiger partial charge in [0.05, 0.1) is 29.2 Å². The first kappa shape index (κ1) is 19.7. The van der Waals surface area contributed by atoms with Gasteiger partial charge in [0.15, 0.2) is 11.4 Å². The number of pyridine rings is 1. The van der Waals surface area contributed by atoms with E-state index >= 15 is 0 Å². The Morgan fingerprint density at radius 1 is 1.16 bits per heavy atom. The molecule has 5 rings (SSSR count). The van der Waals surface area contributed by atoms with Gasteiger partial charge in [-0.25, -0.2) is 9.97 Å². The van der Waals surface area contributed by atoms with Crippen LogP contribution in [0.5, 0.6) is 0 Å². The topological polar surface area (TPSA) is 90.8 Å². The first-order chi connectivity index (χ1) is 15.6. The lowest BCUT2D eigenvalue weighted by Gasteiger charge is -2.09. The van der Waals surface area contributed by atoms with E-state index in [4.69, 9.17) is 4.42 Å². The Morgan fingerprint density at radius 2 is 1.97 bits per heavy atom. The molecule has 4 heterocycles. The highest BCUT2D eigenvalue weighted by atomic mass is 16.3. The summed E-state index contributed by atoms with van der Waals surface area (Å²) in [6.07, 6.45) is 7.08. The Morgan fingerprint density at radius 3 is 2.69 bits per heavy atom. The second kappa shape index (κ2) is 8.14. The summed E-state index contributed by atoms with van der Waals surface area (Å²) in [5.74, 6) is 0.428. The molecule has 4 aromatic heterocycles. The molecule has 1 N–H and O–H groups in total. The van der Waals surface area contributed by atoms with Crippen molar-refractivity contribution in [3.8, 4) is 11.5 Å². The maximum absolute atomic E-state index is 13.2. The van der Waals surface area contributed by atoms with Crippen molar-refractivity contribution in [2.24, 2.45) is 7.05 Å². The van der Waals surface area contributed by atoms with Gasteiger partial charge in [-0.3, -0.25) is 9.48 Å². The van der Waals surface area contributed by atoms with Gasteiger partial charge >= 0.3 is 0 Å². The second-order valence-electron chi connectivity index (χ2n) is 7.67. The molecule has 0 unspecified atom stereocenters. The van der Waals surface area contributed by atoms with Crippen LogP contribution in [-0.4, -0.2) is 30.2 Å². The molecule has 0 aliphatic rings. The quantitative estimate of drug-likeness (QED) is 0.447. The molecule has 1 aromatic carbocycles. The predicted octanol–water partition coefficient (Wildman–Crippen LogP) is 3.71.